The zero-order valence-corrected chi connectivity index (χ0v) is 21.3. The topological polar surface area (TPSA) is 86.9 Å². The quantitative estimate of drug-likeness (QED) is 0.111. The molecule has 0 radical (unpaired) electrons. The molecule has 0 bridgehead atoms. The largest absolute Gasteiger partial charge is 0.345 e. The van der Waals surface area contributed by atoms with Crippen molar-refractivity contribution in [1.82, 2.24) is 15.3 Å². The second-order valence-electron chi connectivity index (χ2n) is 8.66. The fourth-order valence-corrected chi connectivity index (χ4v) is 4.91. The summed E-state index contributed by atoms with van der Waals surface area (Å²) < 4.78 is 46.4. The molecular weight excluding hydrogens is 525 g/mol. The summed E-state index contributed by atoms with van der Waals surface area (Å²) in [6.45, 7) is 0.522. The van der Waals surface area contributed by atoms with Crippen molar-refractivity contribution in [2.45, 2.75) is 11.4 Å². The molecule has 196 valence electrons. The van der Waals surface area contributed by atoms with E-state index in [1.165, 1.54) is 30.5 Å². The minimum absolute atomic E-state index is 0.0366. The SMILES string of the molecule is CNCc1ccc(-c2cnc3[nH]cc(C(=O)c4c(F)ccc(NSc5cccc(F)c5)c4F)c3c2)cc1C=O. The Morgan fingerprint density at radius 1 is 1.05 bits per heavy atom. The molecule has 0 aliphatic rings. The van der Waals surface area contributed by atoms with E-state index in [1.54, 1.807) is 31.4 Å². The molecule has 0 atom stereocenters. The second kappa shape index (κ2) is 11.1. The van der Waals surface area contributed by atoms with E-state index < -0.39 is 28.8 Å². The highest BCUT2D eigenvalue weighted by Crippen LogP contribution is 2.31. The van der Waals surface area contributed by atoms with Gasteiger partial charge < -0.3 is 15.0 Å². The van der Waals surface area contributed by atoms with Gasteiger partial charge in [-0.25, -0.2) is 18.2 Å². The first-order valence-electron chi connectivity index (χ1n) is 11.8. The van der Waals surface area contributed by atoms with E-state index in [-0.39, 0.29) is 11.3 Å². The van der Waals surface area contributed by atoms with Crippen molar-refractivity contribution in [3.63, 3.8) is 0 Å². The second-order valence-corrected chi connectivity index (χ2v) is 9.54. The Balaban J connectivity index is 1.49. The van der Waals surface area contributed by atoms with Crippen LogP contribution in [-0.2, 0) is 6.54 Å². The standard InChI is InChI=1S/C29H21F3N4O2S/c1-33-12-17-6-5-16(9-19(17)15-37)18-10-22-23(14-35-29(22)34-13-18)28(38)26-24(31)7-8-25(27(26)32)36-39-21-4-2-3-20(30)11-21/h2-11,13-15,33,36H,12H2,1H3,(H,34,35). The minimum Gasteiger partial charge on any atom is -0.345 e. The third kappa shape index (κ3) is 5.29. The van der Waals surface area contributed by atoms with Crippen LogP contribution in [0.5, 0.6) is 0 Å². The molecule has 2 heterocycles. The van der Waals surface area contributed by atoms with Gasteiger partial charge in [0.25, 0.3) is 0 Å². The maximum Gasteiger partial charge on any atom is 0.201 e. The number of benzene rings is 3. The summed E-state index contributed by atoms with van der Waals surface area (Å²) in [4.78, 5) is 32.7. The molecule has 3 N–H and O–H groups in total. The molecule has 0 aliphatic carbocycles. The monoisotopic (exact) mass is 546 g/mol. The molecule has 39 heavy (non-hydrogen) atoms. The molecule has 0 amide bonds. The van der Waals surface area contributed by atoms with Gasteiger partial charge in [-0.15, -0.1) is 0 Å². The Labute approximate surface area is 225 Å². The number of anilines is 1. The predicted octanol–water partition coefficient (Wildman–Crippen LogP) is 6.53. The first kappa shape index (κ1) is 26.2. The number of hydrogen-bond acceptors (Lipinski definition) is 6. The summed E-state index contributed by atoms with van der Waals surface area (Å²) in [5.74, 6) is -3.42. The number of aldehydes is 1. The van der Waals surface area contributed by atoms with E-state index >= 15 is 4.39 Å². The number of pyridine rings is 1. The van der Waals surface area contributed by atoms with Crippen molar-refractivity contribution in [3.8, 4) is 11.1 Å². The first-order chi connectivity index (χ1) is 18.9. The molecule has 0 saturated carbocycles. The van der Waals surface area contributed by atoms with E-state index in [2.05, 4.69) is 20.0 Å². The number of aromatic amines is 1. The van der Waals surface area contributed by atoms with Gasteiger partial charge in [0, 0.05) is 45.9 Å². The highest BCUT2D eigenvalue weighted by molar-refractivity contribution is 8.00. The van der Waals surface area contributed by atoms with E-state index in [1.807, 2.05) is 12.1 Å². The van der Waals surface area contributed by atoms with Crippen LogP contribution < -0.4 is 10.0 Å². The molecule has 0 spiro atoms. The summed E-state index contributed by atoms with van der Waals surface area (Å²) >= 11 is 0.926. The number of ketones is 1. The van der Waals surface area contributed by atoms with Crippen molar-refractivity contribution in [2.24, 2.45) is 0 Å². The molecule has 3 aromatic carbocycles. The van der Waals surface area contributed by atoms with Crippen LogP contribution in [0.15, 0.2) is 78.0 Å². The van der Waals surface area contributed by atoms with Gasteiger partial charge in [-0.1, -0.05) is 18.2 Å². The van der Waals surface area contributed by atoms with Crippen molar-refractivity contribution in [2.75, 3.05) is 11.8 Å². The van der Waals surface area contributed by atoms with Gasteiger partial charge in [-0.3, -0.25) is 9.59 Å². The molecule has 0 aliphatic heterocycles. The lowest BCUT2D eigenvalue weighted by atomic mass is 9.98. The predicted molar refractivity (Wildman–Crippen MR) is 145 cm³/mol. The van der Waals surface area contributed by atoms with Crippen LogP contribution in [0.4, 0.5) is 18.9 Å². The van der Waals surface area contributed by atoms with Crippen molar-refractivity contribution < 1.29 is 22.8 Å². The number of H-pyrrole nitrogens is 1. The van der Waals surface area contributed by atoms with Crippen molar-refractivity contribution in [1.29, 1.82) is 0 Å². The Bertz CT molecular complexity index is 1720. The normalized spacial score (nSPS) is 11.1. The number of rotatable bonds is 9. The van der Waals surface area contributed by atoms with Gasteiger partial charge in [-0.2, -0.15) is 0 Å². The Kier molecular flexibility index (Phi) is 7.49. The molecule has 10 heteroatoms. The minimum atomic E-state index is -1.07. The Morgan fingerprint density at radius 2 is 1.90 bits per heavy atom. The lowest BCUT2D eigenvalue weighted by Crippen LogP contribution is -2.09. The number of carbonyl (C=O) groups excluding carboxylic acids is 2. The molecular formula is C29H21F3N4O2S. The lowest BCUT2D eigenvalue weighted by molar-refractivity contribution is 0.103. The third-order valence-corrected chi connectivity index (χ3v) is 6.95. The fraction of sp³-hybridized carbons (Fsp3) is 0.0690. The molecule has 0 saturated heterocycles. The summed E-state index contributed by atoms with van der Waals surface area (Å²) in [5, 5.41) is 3.38. The maximum absolute atomic E-state index is 15.4. The fourth-order valence-electron chi connectivity index (χ4n) is 4.20. The number of aromatic nitrogens is 2. The van der Waals surface area contributed by atoms with Crippen LogP contribution >= 0.6 is 11.9 Å². The van der Waals surface area contributed by atoms with Gasteiger partial charge in [0.05, 0.1) is 11.3 Å². The number of halogens is 3. The van der Waals surface area contributed by atoms with Gasteiger partial charge in [0.1, 0.15) is 23.6 Å². The van der Waals surface area contributed by atoms with E-state index in [0.29, 0.717) is 39.2 Å². The van der Waals surface area contributed by atoms with E-state index in [4.69, 9.17) is 0 Å². The number of carbonyl (C=O) groups is 2. The highest BCUT2D eigenvalue weighted by Gasteiger charge is 2.25. The Hall–Kier alpha value is -4.41. The summed E-state index contributed by atoms with van der Waals surface area (Å²) in [6, 6.07) is 14.9. The molecule has 5 aromatic rings. The van der Waals surface area contributed by atoms with Crippen LogP contribution in [0.1, 0.15) is 31.8 Å². The zero-order chi connectivity index (χ0) is 27.5. The van der Waals surface area contributed by atoms with Crippen LogP contribution in [0.2, 0.25) is 0 Å². The van der Waals surface area contributed by atoms with Gasteiger partial charge in [0.2, 0.25) is 5.78 Å². The van der Waals surface area contributed by atoms with E-state index in [9.17, 15) is 18.4 Å². The Morgan fingerprint density at radius 3 is 2.67 bits per heavy atom. The maximum atomic E-state index is 15.4. The zero-order valence-electron chi connectivity index (χ0n) is 20.5. The van der Waals surface area contributed by atoms with Crippen LogP contribution in [0.25, 0.3) is 22.2 Å². The molecule has 5 rings (SSSR count). The number of nitrogens with zero attached hydrogens (tertiary/aromatic N) is 1. The summed E-state index contributed by atoms with van der Waals surface area (Å²) in [7, 11) is 1.78. The number of fused-ring (bicyclic) bond motifs is 1. The molecule has 0 unspecified atom stereocenters. The first-order valence-corrected chi connectivity index (χ1v) is 12.6. The highest BCUT2D eigenvalue weighted by atomic mass is 32.2. The molecule has 0 fully saturated rings. The smallest absolute Gasteiger partial charge is 0.201 e. The third-order valence-electron chi connectivity index (χ3n) is 6.14. The number of nitrogens with one attached hydrogen (secondary N) is 3. The summed E-state index contributed by atoms with van der Waals surface area (Å²) in [5.41, 5.74) is 2.20. The lowest BCUT2D eigenvalue weighted by Gasteiger charge is -2.11. The van der Waals surface area contributed by atoms with Crippen LogP contribution in [0.3, 0.4) is 0 Å². The molecule has 2 aromatic heterocycles. The van der Waals surface area contributed by atoms with E-state index in [0.717, 1.165) is 29.9 Å². The number of hydrogen-bond donors (Lipinski definition) is 3. The van der Waals surface area contributed by atoms with Gasteiger partial charge in [-0.05, 0) is 72.6 Å². The van der Waals surface area contributed by atoms with Crippen molar-refractivity contribution >= 4 is 40.7 Å². The van der Waals surface area contributed by atoms with Crippen LogP contribution in [0, 0.1) is 17.5 Å². The van der Waals surface area contributed by atoms with Gasteiger partial charge >= 0.3 is 0 Å². The molecule has 6 nitrogen and oxygen atoms in total. The van der Waals surface area contributed by atoms with Crippen LogP contribution in [-0.4, -0.2) is 29.1 Å². The van der Waals surface area contributed by atoms with Crippen molar-refractivity contribution in [3.05, 3.63) is 113 Å². The average Bonchev–Trinajstić information content (AvgIpc) is 3.36. The average molecular weight is 547 g/mol. The van der Waals surface area contributed by atoms with Gasteiger partial charge in [0.15, 0.2) is 5.82 Å². The summed E-state index contributed by atoms with van der Waals surface area (Å²) in [6.07, 6.45) is 3.72.